The highest BCUT2D eigenvalue weighted by atomic mass is 79.9. The molecule has 16 heavy (non-hydrogen) atoms. The predicted molar refractivity (Wildman–Crippen MR) is 68.4 cm³/mol. The van der Waals surface area contributed by atoms with Crippen molar-refractivity contribution in [1.82, 2.24) is 0 Å². The fraction of sp³-hybridized carbons (Fsp3) is 0.231. The number of furan rings is 1. The average Bonchev–Trinajstić information content (AvgIpc) is 2.68. The van der Waals surface area contributed by atoms with E-state index < -0.39 is 0 Å². The second-order valence-electron chi connectivity index (χ2n) is 3.91. The molecular weight excluding hydrogens is 266 g/mol. The lowest BCUT2D eigenvalue weighted by molar-refractivity contribution is 0.469. The summed E-state index contributed by atoms with van der Waals surface area (Å²) >= 11 is 3.28. The summed E-state index contributed by atoms with van der Waals surface area (Å²) in [5.41, 5.74) is 9.77. The summed E-state index contributed by atoms with van der Waals surface area (Å²) in [4.78, 5) is 0. The third-order valence-corrected chi connectivity index (χ3v) is 3.31. The minimum absolute atomic E-state index is 0.203. The molecule has 1 heterocycles. The van der Waals surface area contributed by atoms with Gasteiger partial charge < -0.3 is 10.2 Å². The first kappa shape index (κ1) is 11.4. The first-order chi connectivity index (χ1) is 7.59. The van der Waals surface area contributed by atoms with Crippen LogP contribution in [-0.4, -0.2) is 0 Å². The highest BCUT2D eigenvalue weighted by Crippen LogP contribution is 2.27. The lowest BCUT2D eigenvalue weighted by Crippen LogP contribution is -2.12. The number of nitrogens with two attached hydrogens (primary N) is 1. The van der Waals surface area contributed by atoms with Gasteiger partial charge in [0.25, 0.3) is 0 Å². The second-order valence-corrected chi connectivity index (χ2v) is 4.69. The highest BCUT2D eigenvalue weighted by molar-refractivity contribution is 9.10. The summed E-state index contributed by atoms with van der Waals surface area (Å²) in [6.07, 6.45) is 0. The molecule has 1 aromatic heterocycles. The van der Waals surface area contributed by atoms with Crippen molar-refractivity contribution >= 4 is 15.9 Å². The summed E-state index contributed by atoms with van der Waals surface area (Å²) in [5.74, 6) is 0.778. The van der Waals surface area contributed by atoms with Crippen LogP contribution in [-0.2, 0) is 0 Å². The van der Waals surface area contributed by atoms with Gasteiger partial charge in [-0.15, -0.1) is 0 Å². The van der Waals surface area contributed by atoms with Gasteiger partial charge in [-0.05, 0) is 58.6 Å². The van der Waals surface area contributed by atoms with E-state index in [9.17, 15) is 0 Å². The van der Waals surface area contributed by atoms with Crippen LogP contribution in [0.4, 0.5) is 0 Å². The fourth-order valence-electron chi connectivity index (χ4n) is 1.76. The molecule has 3 heteroatoms. The number of hydrogen-bond donors (Lipinski definition) is 1. The van der Waals surface area contributed by atoms with Crippen molar-refractivity contribution in [2.75, 3.05) is 0 Å². The first-order valence-electron chi connectivity index (χ1n) is 5.16. The van der Waals surface area contributed by atoms with Crippen LogP contribution in [0.2, 0.25) is 0 Å². The molecule has 2 aromatic rings. The molecule has 2 nitrogen and oxygen atoms in total. The zero-order valence-electron chi connectivity index (χ0n) is 9.33. The van der Waals surface area contributed by atoms with Gasteiger partial charge in [-0.25, -0.2) is 0 Å². The van der Waals surface area contributed by atoms with Crippen molar-refractivity contribution in [2.45, 2.75) is 19.9 Å². The van der Waals surface area contributed by atoms with Crippen LogP contribution in [0.3, 0.4) is 0 Å². The van der Waals surface area contributed by atoms with E-state index in [1.54, 1.807) is 0 Å². The smallest absolute Gasteiger partial charge is 0.169 e. The molecule has 1 aromatic carbocycles. The highest BCUT2D eigenvalue weighted by Gasteiger charge is 2.15. The van der Waals surface area contributed by atoms with Gasteiger partial charge in [-0.3, -0.25) is 0 Å². The molecule has 2 rings (SSSR count). The summed E-state index contributed by atoms with van der Waals surface area (Å²) < 4.78 is 6.20. The Morgan fingerprint density at radius 3 is 2.56 bits per heavy atom. The third-order valence-electron chi connectivity index (χ3n) is 2.88. The fourth-order valence-corrected chi connectivity index (χ4v) is 2.08. The van der Waals surface area contributed by atoms with E-state index in [-0.39, 0.29) is 6.04 Å². The second kappa shape index (κ2) is 4.44. The van der Waals surface area contributed by atoms with Crippen LogP contribution in [0.15, 0.2) is 39.4 Å². The zero-order chi connectivity index (χ0) is 11.7. The summed E-state index contributed by atoms with van der Waals surface area (Å²) in [6, 6.07) is 9.71. The first-order valence-corrected chi connectivity index (χ1v) is 5.96. The minimum atomic E-state index is -0.203. The third kappa shape index (κ3) is 2.06. The maximum absolute atomic E-state index is 6.18. The van der Waals surface area contributed by atoms with Crippen LogP contribution in [0.5, 0.6) is 0 Å². The van der Waals surface area contributed by atoms with Crippen LogP contribution >= 0.6 is 15.9 Å². The average molecular weight is 280 g/mol. The number of halogens is 1. The Morgan fingerprint density at radius 2 is 1.94 bits per heavy atom. The topological polar surface area (TPSA) is 39.2 Å². The van der Waals surface area contributed by atoms with E-state index in [0.29, 0.717) is 4.67 Å². The maximum Gasteiger partial charge on any atom is 0.169 e. The Kier molecular flexibility index (Phi) is 3.17. The number of rotatable bonds is 2. The largest absolute Gasteiger partial charge is 0.452 e. The Labute approximate surface area is 104 Å². The molecule has 0 saturated heterocycles. The molecule has 1 unspecified atom stereocenters. The lowest BCUT2D eigenvalue weighted by atomic mass is 9.97. The Morgan fingerprint density at radius 1 is 1.19 bits per heavy atom. The molecule has 1 atom stereocenters. The number of aryl methyl sites for hydroxylation is 1. The van der Waals surface area contributed by atoms with Crippen molar-refractivity contribution in [3.8, 4) is 0 Å². The van der Waals surface area contributed by atoms with Crippen LogP contribution < -0.4 is 5.73 Å². The van der Waals surface area contributed by atoms with Gasteiger partial charge in [-0.1, -0.05) is 18.2 Å². The molecule has 0 saturated carbocycles. The minimum Gasteiger partial charge on any atom is -0.452 e. The van der Waals surface area contributed by atoms with Gasteiger partial charge >= 0.3 is 0 Å². The Hall–Kier alpha value is -1.06. The molecule has 84 valence electrons. The Balaban J connectivity index is 2.41. The molecule has 0 aliphatic heterocycles. The molecule has 0 amide bonds. The summed E-state index contributed by atoms with van der Waals surface area (Å²) in [7, 11) is 0. The van der Waals surface area contributed by atoms with Crippen molar-refractivity contribution in [2.24, 2.45) is 5.73 Å². The van der Waals surface area contributed by atoms with Crippen LogP contribution in [0, 0.1) is 13.8 Å². The van der Waals surface area contributed by atoms with E-state index in [1.165, 1.54) is 11.1 Å². The van der Waals surface area contributed by atoms with E-state index in [2.05, 4.69) is 35.8 Å². The van der Waals surface area contributed by atoms with Crippen LogP contribution in [0.1, 0.15) is 28.5 Å². The summed E-state index contributed by atoms with van der Waals surface area (Å²) in [6.45, 7) is 4.17. The lowest BCUT2D eigenvalue weighted by Gasteiger charge is -2.14. The molecule has 0 aliphatic carbocycles. The molecule has 0 radical (unpaired) electrons. The van der Waals surface area contributed by atoms with Crippen molar-refractivity contribution in [1.29, 1.82) is 0 Å². The molecule has 2 N–H and O–H groups in total. The molecule has 0 fully saturated rings. The number of benzene rings is 1. The molecular formula is C13H14BrNO. The Bertz CT molecular complexity index is 504. The van der Waals surface area contributed by atoms with Crippen molar-refractivity contribution in [3.63, 3.8) is 0 Å². The van der Waals surface area contributed by atoms with Crippen molar-refractivity contribution < 1.29 is 4.42 Å². The van der Waals surface area contributed by atoms with Gasteiger partial charge in [-0.2, -0.15) is 0 Å². The van der Waals surface area contributed by atoms with E-state index in [1.807, 2.05) is 24.3 Å². The van der Waals surface area contributed by atoms with Crippen LogP contribution in [0.25, 0.3) is 0 Å². The van der Waals surface area contributed by atoms with Gasteiger partial charge in [0.05, 0.1) is 6.04 Å². The summed E-state index contributed by atoms with van der Waals surface area (Å²) in [5, 5.41) is 0. The van der Waals surface area contributed by atoms with E-state index in [4.69, 9.17) is 10.2 Å². The maximum atomic E-state index is 6.18. The standard InChI is InChI=1S/C13H14BrNO/c1-8-4-3-5-10(9(8)2)13(15)11-6-7-12(14)16-11/h3-7,13H,15H2,1-2H3. The monoisotopic (exact) mass is 279 g/mol. The predicted octanol–water partition coefficient (Wildman–Crippen LogP) is 3.71. The van der Waals surface area contributed by atoms with Gasteiger partial charge in [0, 0.05) is 0 Å². The zero-order valence-corrected chi connectivity index (χ0v) is 10.9. The SMILES string of the molecule is Cc1cccc(C(N)c2ccc(Br)o2)c1C. The van der Waals surface area contributed by atoms with E-state index in [0.717, 1.165) is 11.3 Å². The molecule has 0 bridgehead atoms. The van der Waals surface area contributed by atoms with Gasteiger partial charge in [0.1, 0.15) is 5.76 Å². The molecule has 0 spiro atoms. The number of hydrogen-bond acceptors (Lipinski definition) is 2. The normalized spacial score (nSPS) is 12.8. The molecule has 0 aliphatic rings. The van der Waals surface area contributed by atoms with Crippen molar-refractivity contribution in [3.05, 3.63) is 57.5 Å². The van der Waals surface area contributed by atoms with Gasteiger partial charge in [0.15, 0.2) is 4.67 Å². The van der Waals surface area contributed by atoms with Gasteiger partial charge in [0.2, 0.25) is 0 Å². The van der Waals surface area contributed by atoms with E-state index >= 15 is 0 Å². The quantitative estimate of drug-likeness (QED) is 0.910.